The average Bonchev–Trinajstić information content (AvgIpc) is 3.19. The molecule has 236 valence electrons. The summed E-state index contributed by atoms with van der Waals surface area (Å²) in [5.41, 5.74) is 0. The molecule has 1 fully saturated rings. The predicted octanol–water partition coefficient (Wildman–Crippen LogP) is 3.52. The van der Waals surface area contributed by atoms with Crippen LogP contribution in [0.25, 0.3) is 0 Å². The second kappa shape index (κ2) is 21.8. The zero-order chi connectivity index (χ0) is 30.5. The molecule has 0 aromatic heterocycles. The second-order valence-electron chi connectivity index (χ2n) is 10.3. The van der Waals surface area contributed by atoms with E-state index in [1.165, 1.54) is 6.42 Å². The maximum Gasteiger partial charge on any atom is 0.305 e. The molecule has 14 heteroatoms. The first-order valence-electron chi connectivity index (χ1n) is 14.5. The lowest BCUT2D eigenvalue weighted by atomic mass is 9.86. The molecule has 1 saturated carbocycles. The Balaban J connectivity index is 2.32. The van der Waals surface area contributed by atoms with Crippen LogP contribution in [0.2, 0.25) is 0 Å². The number of unbranched alkanes of at least 4 members (excludes halogenated alkanes) is 5. The molecule has 0 radical (unpaired) electrons. The Labute approximate surface area is 240 Å². The monoisotopic (exact) mass is 590 g/mol. The van der Waals surface area contributed by atoms with E-state index in [1.54, 1.807) is 0 Å². The van der Waals surface area contributed by atoms with Crippen molar-refractivity contribution in [1.82, 2.24) is 0 Å². The number of allylic oxidation sites excluding steroid dienone is 2. The van der Waals surface area contributed by atoms with Crippen LogP contribution in [0.5, 0.6) is 0 Å². The third-order valence-electron chi connectivity index (χ3n) is 7.09. The van der Waals surface area contributed by atoms with E-state index in [2.05, 4.69) is 16.6 Å². The molecule has 41 heavy (non-hydrogen) atoms. The van der Waals surface area contributed by atoms with Crippen LogP contribution in [0.15, 0.2) is 12.2 Å². The molecule has 0 aromatic rings. The molecule has 0 spiro atoms. The number of nitrogens with zero attached hydrogens (tertiary/aromatic N) is 2. The maximum absolute atomic E-state index is 12.3. The first-order chi connectivity index (χ1) is 19.6. The van der Waals surface area contributed by atoms with Crippen LogP contribution >= 0.6 is 0 Å². The third kappa shape index (κ3) is 17.6. The first-order valence-corrected chi connectivity index (χ1v) is 14.5. The minimum atomic E-state index is -1.03. The van der Waals surface area contributed by atoms with Gasteiger partial charge in [-0.25, -0.2) is 0 Å². The average molecular weight is 591 g/mol. The van der Waals surface area contributed by atoms with Crippen molar-refractivity contribution in [1.29, 1.82) is 0 Å². The van der Waals surface area contributed by atoms with Crippen LogP contribution in [0.1, 0.15) is 90.4 Å². The number of carbonyl (C=O) groups excluding carboxylic acids is 2. The van der Waals surface area contributed by atoms with Crippen LogP contribution in [0.4, 0.5) is 0 Å². The fourth-order valence-corrected chi connectivity index (χ4v) is 4.89. The fraction of sp³-hybridized carbons (Fsp3) is 0.852. The molecule has 0 saturated heterocycles. The van der Waals surface area contributed by atoms with E-state index >= 15 is 0 Å². The van der Waals surface area contributed by atoms with Gasteiger partial charge in [-0.3, -0.25) is 9.59 Å². The van der Waals surface area contributed by atoms with Gasteiger partial charge in [0.25, 0.3) is 10.2 Å². The molecular weight excluding hydrogens is 544 g/mol. The van der Waals surface area contributed by atoms with E-state index in [0.717, 1.165) is 25.7 Å². The normalized spacial score (nSPS) is 21.0. The van der Waals surface area contributed by atoms with Crippen molar-refractivity contribution >= 4 is 11.8 Å². The molecule has 0 amide bonds. The number of aliphatic hydroxyl groups is 2. The minimum absolute atomic E-state index is 0.0888. The molecule has 1 rings (SSSR count). The summed E-state index contributed by atoms with van der Waals surface area (Å²) in [6.45, 7) is 0.663. The Morgan fingerprint density at radius 3 is 2.29 bits per heavy atom. The molecule has 0 aromatic carbocycles. The summed E-state index contributed by atoms with van der Waals surface area (Å²) < 4.78 is 10.3. The molecular formula is C27H46N2O12. The largest absolute Gasteiger partial charge is 0.463 e. The Kier molecular flexibility index (Phi) is 19.3. The zero-order valence-corrected chi connectivity index (χ0v) is 23.9. The molecule has 1 unspecified atom stereocenters. The Hall–Kier alpha value is -2.84. The lowest BCUT2D eigenvalue weighted by molar-refractivity contribution is -0.760. The maximum atomic E-state index is 12.3. The summed E-state index contributed by atoms with van der Waals surface area (Å²) in [7, 11) is 0. The van der Waals surface area contributed by atoms with E-state index in [1.807, 2.05) is 12.2 Å². The van der Waals surface area contributed by atoms with Gasteiger partial charge in [0.2, 0.25) is 0 Å². The summed E-state index contributed by atoms with van der Waals surface area (Å²) in [5.74, 6) is -0.589. The van der Waals surface area contributed by atoms with Gasteiger partial charge in [0.15, 0.2) is 0 Å². The van der Waals surface area contributed by atoms with Gasteiger partial charge in [0.1, 0.15) is 31.7 Å². The van der Waals surface area contributed by atoms with Gasteiger partial charge in [0, 0.05) is 19.3 Å². The highest BCUT2D eigenvalue weighted by molar-refractivity contribution is 5.78. The van der Waals surface area contributed by atoms with Gasteiger partial charge in [0.05, 0.1) is 18.8 Å². The van der Waals surface area contributed by atoms with Gasteiger partial charge in [-0.05, 0) is 50.4 Å². The van der Waals surface area contributed by atoms with E-state index < -0.39 is 47.7 Å². The minimum Gasteiger partial charge on any atom is -0.463 e. The summed E-state index contributed by atoms with van der Waals surface area (Å²) in [6, 6.07) is 0. The van der Waals surface area contributed by atoms with Gasteiger partial charge in [-0.1, -0.05) is 44.8 Å². The van der Waals surface area contributed by atoms with Gasteiger partial charge in [-0.2, -0.15) is 0 Å². The summed E-state index contributed by atoms with van der Waals surface area (Å²) in [6.07, 6.45) is 10.6. The summed E-state index contributed by atoms with van der Waals surface area (Å²) in [5, 5.41) is 39.4. The van der Waals surface area contributed by atoms with E-state index in [0.29, 0.717) is 44.9 Å². The molecule has 14 nitrogen and oxygen atoms in total. The van der Waals surface area contributed by atoms with Crippen LogP contribution in [-0.4, -0.2) is 76.9 Å². The van der Waals surface area contributed by atoms with Crippen molar-refractivity contribution in [3.63, 3.8) is 0 Å². The number of esters is 1. The van der Waals surface area contributed by atoms with Gasteiger partial charge in [-0.15, -0.1) is 20.2 Å². The smallest absolute Gasteiger partial charge is 0.305 e. The van der Waals surface area contributed by atoms with Crippen LogP contribution in [0, 0.1) is 32.1 Å². The number of rotatable bonds is 25. The van der Waals surface area contributed by atoms with Crippen molar-refractivity contribution in [2.75, 3.05) is 26.4 Å². The topological polar surface area (TPSA) is 198 Å². The predicted molar refractivity (Wildman–Crippen MR) is 145 cm³/mol. The standard InChI is InChI=1S/C27H46N2O12/c1-2-3-4-5-8-11-21(30)14-15-24-23(25(31)18-26(24)32)12-9-6-7-10-13-27(33)39-19-22(20-41-29(36)37)38-16-17-40-28(34)35/h6,9,22-26,31-32H,2-5,7-8,10-20H2,1H3/t22?,23-,24-,25+,26-/m1/s1. The number of carbonyl (C=O) groups is 2. The van der Waals surface area contributed by atoms with E-state index in [9.17, 15) is 40.0 Å². The van der Waals surface area contributed by atoms with Crippen LogP contribution in [-0.2, 0) is 28.7 Å². The zero-order valence-electron chi connectivity index (χ0n) is 23.9. The molecule has 5 atom stereocenters. The highest BCUT2D eigenvalue weighted by Crippen LogP contribution is 2.38. The lowest BCUT2D eigenvalue weighted by Gasteiger charge is -2.22. The third-order valence-corrected chi connectivity index (χ3v) is 7.09. The fourth-order valence-electron chi connectivity index (χ4n) is 4.89. The number of Topliss-reactive ketones (excluding diaryl/α,β-unsaturated/α-hetero) is 1. The summed E-state index contributed by atoms with van der Waals surface area (Å²) >= 11 is 0. The molecule has 1 aliphatic rings. The number of aliphatic hydroxyl groups excluding tert-OH is 2. The van der Waals surface area contributed by atoms with E-state index in [-0.39, 0.29) is 37.3 Å². The van der Waals surface area contributed by atoms with Crippen molar-refractivity contribution in [2.45, 2.75) is 109 Å². The summed E-state index contributed by atoms with van der Waals surface area (Å²) in [4.78, 5) is 53.2. The Bertz CT molecular complexity index is 809. The van der Waals surface area contributed by atoms with Crippen molar-refractivity contribution < 1.29 is 49.1 Å². The molecule has 2 N–H and O–H groups in total. The number of ketones is 1. The SMILES string of the molecule is CCCCCCCC(=O)CC[C@@H]1[C@@H](CC=CCCCC(=O)OCC(CO[N+](=O)[O-])OCCO[N+](=O)[O-])[C@@H](O)C[C@H]1O. The van der Waals surface area contributed by atoms with Crippen molar-refractivity contribution in [2.24, 2.45) is 11.8 Å². The van der Waals surface area contributed by atoms with Crippen molar-refractivity contribution in [3.8, 4) is 0 Å². The Morgan fingerprint density at radius 1 is 0.878 bits per heavy atom. The van der Waals surface area contributed by atoms with Gasteiger partial charge >= 0.3 is 5.97 Å². The molecule has 0 heterocycles. The quantitative estimate of drug-likeness (QED) is 0.0516. The molecule has 0 bridgehead atoms. The highest BCUT2D eigenvalue weighted by Gasteiger charge is 2.40. The number of hydrogen-bond acceptors (Lipinski definition) is 12. The second-order valence-corrected chi connectivity index (χ2v) is 10.3. The Morgan fingerprint density at radius 2 is 1.59 bits per heavy atom. The lowest BCUT2D eigenvalue weighted by Crippen LogP contribution is -2.29. The number of hydrogen-bond donors (Lipinski definition) is 2. The molecule has 0 aliphatic heterocycles. The van der Waals surface area contributed by atoms with E-state index in [4.69, 9.17) is 9.47 Å². The first kappa shape index (κ1) is 36.2. The van der Waals surface area contributed by atoms with Crippen LogP contribution in [0.3, 0.4) is 0 Å². The van der Waals surface area contributed by atoms with Crippen LogP contribution < -0.4 is 0 Å². The highest BCUT2D eigenvalue weighted by atomic mass is 17.0. The number of ether oxygens (including phenoxy) is 2. The van der Waals surface area contributed by atoms with Crippen molar-refractivity contribution in [3.05, 3.63) is 32.4 Å². The molecule has 1 aliphatic carbocycles. The van der Waals surface area contributed by atoms with Gasteiger partial charge < -0.3 is 29.4 Å².